The Labute approximate surface area is 177 Å². The molecule has 2 aliphatic carbocycles. The molecular formula is C23H30N4O3. The highest BCUT2D eigenvalue weighted by Gasteiger charge is 2.58. The maximum atomic E-state index is 12.7. The van der Waals surface area contributed by atoms with E-state index in [0.717, 1.165) is 24.2 Å². The normalized spacial score (nSPS) is 27.0. The smallest absolute Gasteiger partial charge is 0.233 e. The lowest BCUT2D eigenvalue weighted by atomic mass is 9.85. The monoisotopic (exact) mass is 410 g/mol. The Kier molecular flexibility index (Phi) is 6.06. The lowest BCUT2D eigenvalue weighted by molar-refractivity contribution is -0.140. The van der Waals surface area contributed by atoms with Crippen LogP contribution in [0.2, 0.25) is 0 Å². The Morgan fingerprint density at radius 3 is 2.43 bits per heavy atom. The van der Waals surface area contributed by atoms with Crippen LogP contribution in [0.25, 0.3) is 0 Å². The quantitative estimate of drug-likeness (QED) is 0.294. The Morgan fingerprint density at radius 1 is 1.10 bits per heavy atom. The van der Waals surface area contributed by atoms with Crippen LogP contribution in [0.5, 0.6) is 5.75 Å². The van der Waals surface area contributed by atoms with Gasteiger partial charge in [-0.2, -0.15) is 0 Å². The summed E-state index contributed by atoms with van der Waals surface area (Å²) < 4.78 is 5.67. The van der Waals surface area contributed by atoms with Gasteiger partial charge in [-0.15, -0.1) is 0 Å². The fourth-order valence-corrected chi connectivity index (χ4v) is 5.01. The number of amides is 2. The van der Waals surface area contributed by atoms with Crippen LogP contribution in [-0.2, 0) is 16.0 Å². The van der Waals surface area contributed by atoms with E-state index in [4.69, 9.17) is 4.74 Å². The van der Waals surface area contributed by atoms with Gasteiger partial charge in [-0.3, -0.25) is 19.5 Å². The Hall–Kier alpha value is -2.83. The molecule has 1 heterocycles. The van der Waals surface area contributed by atoms with Gasteiger partial charge in [0.05, 0.1) is 18.4 Å². The standard InChI is InChI=1S/C23H30N4O3/c1-3-30-18-7-5-4-6-15(18)10-11-25-23(24-2)26-12-13-27-21(28)19-16-8-9-17(14-16)20(19)22(27)29/h4-9,16-17,19-20H,3,10-14H2,1-2H3,(H2,24,25,26). The van der Waals surface area contributed by atoms with Crippen molar-refractivity contribution < 1.29 is 14.3 Å². The molecule has 30 heavy (non-hydrogen) atoms. The van der Waals surface area contributed by atoms with Gasteiger partial charge in [0, 0.05) is 26.7 Å². The van der Waals surface area contributed by atoms with Crippen molar-refractivity contribution >= 4 is 17.8 Å². The minimum Gasteiger partial charge on any atom is -0.494 e. The van der Waals surface area contributed by atoms with E-state index in [1.165, 1.54) is 4.90 Å². The number of hydrogen-bond donors (Lipinski definition) is 2. The van der Waals surface area contributed by atoms with Gasteiger partial charge in [-0.1, -0.05) is 30.4 Å². The van der Waals surface area contributed by atoms with E-state index >= 15 is 0 Å². The van der Waals surface area contributed by atoms with Crippen molar-refractivity contribution in [1.29, 1.82) is 0 Å². The van der Waals surface area contributed by atoms with Crippen LogP contribution in [0.1, 0.15) is 18.9 Å². The van der Waals surface area contributed by atoms with E-state index < -0.39 is 0 Å². The molecule has 0 aromatic heterocycles. The zero-order valence-corrected chi connectivity index (χ0v) is 17.6. The lowest BCUT2D eigenvalue weighted by Gasteiger charge is -2.19. The number of benzene rings is 1. The summed E-state index contributed by atoms with van der Waals surface area (Å²) in [4.78, 5) is 31.1. The first-order valence-corrected chi connectivity index (χ1v) is 10.8. The number of aliphatic imine (C=N–C) groups is 1. The molecule has 0 spiro atoms. The highest BCUT2D eigenvalue weighted by atomic mass is 16.5. The number of carbonyl (C=O) groups excluding carboxylic acids is 2. The van der Waals surface area contributed by atoms with Crippen molar-refractivity contribution in [2.75, 3.05) is 33.3 Å². The number of para-hydroxylation sites is 1. The number of ether oxygens (including phenoxy) is 1. The number of rotatable bonds is 8. The molecule has 7 nitrogen and oxygen atoms in total. The highest BCUT2D eigenvalue weighted by Crippen LogP contribution is 2.52. The molecule has 1 aliphatic heterocycles. The maximum Gasteiger partial charge on any atom is 0.233 e. The van der Waals surface area contributed by atoms with Gasteiger partial charge in [-0.25, -0.2) is 0 Å². The van der Waals surface area contributed by atoms with E-state index in [0.29, 0.717) is 32.2 Å². The van der Waals surface area contributed by atoms with Crippen molar-refractivity contribution in [3.8, 4) is 5.75 Å². The van der Waals surface area contributed by atoms with Crippen LogP contribution in [0.15, 0.2) is 41.4 Å². The highest BCUT2D eigenvalue weighted by molar-refractivity contribution is 6.06. The Balaban J connectivity index is 1.23. The molecular weight excluding hydrogens is 380 g/mol. The fraction of sp³-hybridized carbons (Fsp3) is 0.522. The Bertz CT molecular complexity index is 836. The maximum absolute atomic E-state index is 12.7. The van der Waals surface area contributed by atoms with Crippen LogP contribution in [0.4, 0.5) is 0 Å². The summed E-state index contributed by atoms with van der Waals surface area (Å²) in [5.41, 5.74) is 1.14. The zero-order chi connectivity index (χ0) is 21.1. The molecule has 1 aromatic carbocycles. The number of imide groups is 1. The molecule has 1 saturated carbocycles. The molecule has 1 saturated heterocycles. The summed E-state index contributed by atoms with van der Waals surface area (Å²) in [5, 5.41) is 6.50. The van der Waals surface area contributed by atoms with Gasteiger partial charge in [0.15, 0.2) is 5.96 Å². The SMILES string of the molecule is CCOc1ccccc1CCNC(=NC)NCCN1C(=O)C2C3C=CC(C3)C2C1=O. The molecule has 2 amide bonds. The second-order valence-corrected chi connectivity index (χ2v) is 8.04. The molecule has 160 valence electrons. The first kappa shape index (κ1) is 20.4. The summed E-state index contributed by atoms with van der Waals surface area (Å²) in [7, 11) is 1.71. The third-order valence-electron chi connectivity index (χ3n) is 6.37. The van der Waals surface area contributed by atoms with E-state index in [-0.39, 0.29) is 35.5 Å². The van der Waals surface area contributed by atoms with Crippen molar-refractivity contribution in [3.63, 3.8) is 0 Å². The van der Waals surface area contributed by atoms with Crippen molar-refractivity contribution in [2.45, 2.75) is 19.8 Å². The first-order chi connectivity index (χ1) is 14.6. The number of likely N-dealkylation sites (tertiary alicyclic amines) is 1. The molecule has 4 unspecified atom stereocenters. The van der Waals surface area contributed by atoms with Crippen LogP contribution in [-0.4, -0.2) is 56.0 Å². The van der Waals surface area contributed by atoms with E-state index in [9.17, 15) is 9.59 Å². The molecule has 4 atom stereocenters. The van der Waals surface area contributed by atoms with Crippen LogP contribution in [0.3, 0.4) is 0 Å². The summed E-state index contributed by atoms with van der Waals surface area (Å²) in [6.45, 7) is 4.17. The van der Waals surface area contributed by atoms with Crippen LogP contribution in [0, 0.1) is 23.7 Å². The van der Waals surface area contributed by atoms with Crippen molar-refractivity contribution in [3.05, 3.63) is 42.0 Å². The number of allylic oxidation sites excluding steroid dienone is 2. The van der Waals surface area contributed by atoms with Crippen LogP contribution < -0.4 is 15.4 Å². The molecule has 2 N–H and O–H groups in total. The number of nitrogens with one attached hydrogen (secondary N) is 2. The predicted molar refractivity (Wildman–Crippen MR) is 115 cm³/mol. The second kappa shape index (κ2) is 8.90. The fourth-order valence-electron chi connectivity index (χ4n) is 5.01. The van der Waals surface area contributed by atoms with Gasteiger partial charge in [0.25, 0.3) is 0 Å². The van der Waals surface area contributed by atoms with Gasteiger partial charge in [0.2, 0.25) is 11.8 Å². The number of carbonyl (C=O) groups is 2. The predicted octanol–water partition coefficient (Wildman–Crippen LogP) is 1.60. The minimum atomic E-state index is -0.129. The van der Waals surface area contributed by atoms with E-state index in [1.807, 2.05) is 25.1 Å². The lowest BCUT2D eigenvalue weighted by Crippen LogP contribution is -2.44. The zero-order valence-electron chi connectivity index (χ0n) is 17.6. The topological polar surface area (TPSA) is 83.0 Å². The average molecular weight is 411 g/mol. The number of hydrogen-bond acceptors (Lipinski definition) is 4. The molecule has 2 fully saturated rings. The van der Waals surface area contributed by atoms with E-state index in [1.54, 1.807) is 7.05 Å². The Morgan fingerprint density at radius 2 is 1.77 bits per heavy atom. The van der Waals surface area contributed by atoms with Gasteiger partial charge in [0.1, 0.15) is 5.75 Å². The summed E-state index contributed by atoms with van der Waals surface area (Å²) in [6, 6.07) is 8.02. The molecule has 1 aromatic rings. The number of fused-ring (bicyclic) bond motifs is 5. The summed E-state index contributed by atoms with van der Waals surface area (Å²) >= 11 is 0. The van der Waals surface area contributed by atoms with Gasteiger partial charge >= 0.3 is 0 Å². The molecule has 2 bridgehead atoms. The van der Waals surface area contributed by atoms with Crippen molar-refractivity contribution in [1.82, 2.24) is 15.5 Å². The first-order valence-electron chi connectivity index (χ1n) is 10.8. The molecule has 7 heteroatoms. The number of guanidine groups is 1. The molecule has 4 rings (SSSR count). The second-order valence-electron chi connectivity index (χ2n) is 8.04. The molecule has 0 radical (unpaired) electrons. The summed E-state index contributed by atoms with van der Waals surface area (Å²) in [6.07, 6.45) is 6.00. The molecule has 3 aliphatic rings. The van der Waals surface area contributed by atoms with E-state index in [2.05, 4.69) is 33.8 Å². The van der Waals surface area contributed by atoms with Gasteiger partial charge in [-0.05, 0) is 43.2 Å². The minimum absolute atomic E-state index is 0.000808. The number of nitrogens with zero attached hydrogens (tertiary/aromatic N) is 2. The van der Waals surface area contributed by atoms with Crippen LogP contribution >= 0.6 is 0 Å². The third kappa shape index (κ3) is 3.80. The largest absolute Gasteiger partial charge is 0.494 e. The third-order valence-corrected chi connectivity index (χ3v) is 6.37. The average Bonchev–Trinajstić information content (AvgIpc) is 3.43. The van der Waals surface area contributed by atoms with Crippen molar-refractivity contribution in [2.24, 2.45) is 28.7 Å². The summed E-state index contributed by atoms with van der Waals surface area (Å²) in [5.74, 6) is 1.81. The van der Waals surface area contributed by atoms with Gasteiger partial charge < -0.3 is 15.4 Å².